The molecule has 1 N–H and O–H groups in total. The Morgan fingerprint density at radius 3 is 1.85 bits per heavy atom. The van der Waals surface area contributed by atoms with E-state index in [-0.39, 0.29) is 0 Å². The quantitative estimate of drug-likeness (QED) is 0.467. The van der Waals surface area contributed by atoms with E-state index in [4.69, 9.17) is 0 Å². The fraction of sp³-hybridized carbons (Fsp3) is 0.750. The first-order valence-electron chi connectivity index (χ1n) is 7.90. The van der Waals surface area contributed by atoms with Gasteiger partial charge in [0.1, 0.15) is 6.23 Å². The number of aliphatic hydroxyl groups excluding tert-OH is 1. The summed E-state index contributed by atoms with van der Waals surface area (Å²) in [6, 6.07) is 0. The molecule has 114 valence electrons. The zero-order valence-electron chi connectivity index (χ0n) is 12.5. The van der Waals surface area contributed by atoms with Gasteiger partial charge in [-0.05, 0) is 12.8 Å². The second-order valence-corrected chi connectivity index (χ2v) is 5.48. The van der Waals surface area contributed by atoms with E-state index in [0.29, 0.717) is 6.42 Å². The molecule has 0 radical (unpaired) electrons. The summed E-state index contributed by atoms with van der Waals surface area (Å²) in [4.78, 5) is 23.6. The molecule has 1 atom stereocenters. The number of aliphatic hydroxyl groups is 1. The summed E-state index contributed by atoms with van der Waals surface area (Å²) in [6.07, 6.45) is 12.8. The Labute approximate surface area is 121 Å². The van der Waals surface area contributed by atoms with Crippen LogP contribution in [0.15, 0.2) is 12.2 Å². The van der Waals surface area contributed by atoms with E-state index < -0.39 is 18.0 Å². The highest BCUT2D eigenvalue weighted by Gasteiger charge is 2.29. The molecule has 4 heteroatoms. The molecule has 0 aromatic rings. The summed E-state index contributed by atoms with van der Waals surface area (Å²) >= 11 is 0. The van der Waals surface area contributed by atoms with Crippen LogP contribution in [0.5, 0.6) is 0 Å². The molecule has 0 saturated heterocycles. The van der Waals surface area contributed by atoms with Crippen LogP contribution >= 0.6 is 0 Å². The van der Waals surface area contributed by atoms with Gasteiger partial charge in [0.2, 0.25) is 0 Å². The minimum atomic E-state index is -0.963. The van der Waals surface area contributed by atoms with Gasteiger partial charge in [-0.1, -0.05) is 58.3 Å². The lowest BCUT2D eigenvalue weighted by molar-refractivity contribution is -0.148. The molecule has 1 aliphatic rings. The van der Waals surface area contributed by atoms with Gasteiger partial charge in [0.15, 0.2) is 0 Å². The maximum atomic E-state index is 11.3. The highest BCUT2D eigenvalue weighted by atomic mass is 16.3. The number of carbonyl (C=O) groups is 2. The minimum Gasteiger partial charge on any atom is -0.373 e. The number of imide groups is 1. The second-order valence-electron chi connectivity index (χ2n) is 5.48. The molecule has 0 bridgehead atoms. The van der Waals surface area contributed by atoms with Gasteiger partial charge in [-0.15, -0.1) is 0 Å². The van der Waals surface area contributed by atoms with Crippen LogP contribution in [0.2, 0.25) is 0 Å². The molecule has 0 saturated carbocycles. The van der Waals surface area contributed by atoms with E-state index in [1.807, 2.05) is 0 Å². The van der Waals surface area contributed by atoms with Crippen LogP contribution in [0, 0.1) is 0 Å². The lowest BCUT2D eigenvalue weighted by Gasteiger charge is -2.20. The monoisotopic (exact) mass is 281 g/mol. The van der Waals surface area contributed by atoms with Gasteiger partial charge in [0.25, 0.3) is 11.8 Å². The normalized spacial score (nSPS) is 16.2. The van der Waals surface area contributed by atoms with Crippen molar-refractivity contribution in [2.45, 2.75) is 77.4 Å². The molecule has 1 aliphatic heterocycles. The first kappa shape index (κ1) is 16.9. The lowest BCUT2D eigenvalue weighted by atomic mass is 10.1. The second kappa shape index (κ2) is 9.70. The van der Waals surface area contributed by atoms with Crippen molar-refractivity contribution in [3.63, 3.8) is 0 Å². The van der Waals surface area contributed by atoms with Gasteiger partial charge in [0, 0.05) is 12.2 Å². The van der Waals surface area contributed by atoms with Gasteiger partial charge in [-0.2, -0.15) is 0 Å². The maximum Gasteiger partial charge on any atom is 0.255 e. The van der Waals surface area contributed by atoms with Gasteiger partial charge >= 0.3 is 0 Å². The molecule has 1 rings (SSSR count). The van der Waals surface area contributed by atoms with Gasteiger partial charge in [-0.25, -0.2) is 4.90 Å². The summed E-state index contributed by atoms with van der Waals surface area (Å²) in [5.74, 6) is -0.808. The topological polar surface area (TPSA) is 57.6 Å². The number of amides is 2. The van der Waals surface area contributed by atoms with Crippen LogP contribution < -0.4 is 0 Å². The van der Waals surface area contributed by atoms with E-state index in [2.05, 4.69) is 6.92 Å². The third kappa shape index (κ3) is 5.87. The molecule has 1 heterocycles. The molecule has 4 nitrogen and oxygen atoms in total. The molecule has 0 aromatic heterocycles. The van der Waals surface area contributed by atoms with Crippen molar-refractivity contribution in [3.8, 4) is 0 Å². The predicted molar refractivity (Wildman–Crippen MR) is 78.8 cm³/mol. The molecular formula is C16H27NO3. The van der Waals surface area contributed by atoms with E-state index >= 15 is 0 Å². The van der Waals surface area contributed by atoms with Crippen molar-refractivity contribution in [1.29, 1.82) is 0 Å². The Balaban J connectivity index is 1.99. The molecule has 0 fully saturated rings. The third-order valence-corrected chi connectivity index (χ3v) is 3.71. The average molecular weight is 281 g/mol. The van der Waals surface area contributed by atoms with E-state index in [9.17, 15) is 14.7 Å². The zero-order valence-corrected chi connectivity index (χ0v) is 12.5. The van der Waals surface area contributed by atoms with Crippen LogP contribution in [0.1, 0.15) is 71.1 Å². The van der Waals surface area contributed by atoms with Crippen LogP contribution in [0.3, 0.4) is 0 Å². The highest BCUT2D eigenvalue weighted by Crippen LogP contribution is 2.15. The fourth-order valence-corrected chi connectivity index (χ4v) is 2.47. The zero-order chi connectivity index (χ0) is 14.8. The van der Waals surface area contributed by atoms with Crippen LogP contribution in [-0.4, -0.2) is 28.0 Å². The third-order valence-electron chi connectivity index (χ3n) is 3.71. The van der Waals surface area contributed by atoms with E-state index in [1.54, 1.807) is 0 Å². The summed E-state index contributed by atoms with van der Waals surface area (Å²) in [7, 11) is 0. The molecule has 1 unspecified atom stereocenters. The number of carbonyl (C=O) groups excluding carboxylic acids is 2. The van der Waals surface area contributed by atoms with E-state index in [1.165, 1.54) is 57.1 Å². The molecule has 2 amide bonds. The lowest BCUT2D eigenvalue weighted by Crippen LogP contribution is -2.39. The largest absolute Gasteiger partial charge is 0.373 e. The predicted octanol–water partition coefficient (Wildman–Crippen LogP) is 3.15. The van der Waals surface area contributed by atoms with Gasteiger partial charge < -0.3 is 5.11 Å². The summed E-state index contributed by atoms with van der Waals surface area (Å²) < 4.78 is 0. The van der Waals surface area contributed by atoms with Crippen LogP contribution in [0.25, 0.3) is 0 Å². The molecule has 20 heavy (non-hydrogen) atoms. The van der Waals surface area contributed by atoms with E-state index in [0.717, 1.165) is 17.7 Å². The summed E-state index contributed by atoms with van der Waals surface area (Å²) in [5.41, 5.74) is 0. The fourth-order valence-electron chi connectivity index (χ4n) is 2.47. The Hall–Kier alpha value is -1.16. The Kier molecular flexibility index (Phi) is 8.19. The van der Waals surface area contributed by atoms with Crippen molar-refractivity contribution in [3.05, 3.63) is 12.2 Å². The Morgan fingerprint density at radius 1 is 0.900 bits per heavy atom. The van der Waals surface area contributed by atoms with Gasteiger partial charge in [0.05, 0.1) is 0 Å². The Bertz CT molecular complexity index is 321. The number of hydrogen-bond donors (Lipinski definition) is 1. The van der Waals surface area contributed by atoms with Crippen molar-refractivity contribution in [2.75, 3.05) is 0 Å². The number of rotatable bonds is 11. The smallest absolute Gasteiger partial charge is 0.255 e. The summed E-state index contributed by atoms with van der Waals surface area (Å²) in [6.45, 7) is 2.22. The van der Waals surface area contributed by atoms with Crippen molar-refractivity contribution in [2.24, 2.45) is 0 Å². The molecule has 0 spiro atoms. The first-order chi connectivity index (χ1) is 9.66. The summed E-state index contributed by atoms with van der Waals surface area (Å²) in [5, 5.41) is 9.83. The minimum absolute atomic E-state index is 0.404. The highest BCUT2D eigenvalue weighted by molar-refractivity contribution is 6.13. The average Bonchev–Trinajstić information content (AvgIpc) is 2.76. The van der Waals surface area contributed by atoms with Crippen molar-refractivity contribution in [1.82, 2.24) is 4.90 Å². The molecule has 0 aliphatic carbocycles. The molecular weight excluding hydrogens is 254 g/mol. The van der Waals surface area contributed by atoms with Crippen LogP contribution in [0.4, 0.5) is 0 Å². The standard InChI is InChI=1S/C16H27NO3/c1-2-3-4-5-6-7-8-9-10-11-14(18)17-15(19)12-13-16(17)20/h12-14,18H,2-11H2,1H3. The van der Waals surface area contributed by atoms with Gasteiger partial charge in [-0.3, -0.25) is 9.59 Å². The number of unbranched alkanes of at least 4 members (excludes halogenated alkanes) is 8. The SMILES string of the molecule is CCCCCCCCCCCC(O)N1C(=O)C=CC1=O. The van der Waals surface area contributed by atoms with Crippen molar-refractivity contribution >= 4 is 11.8 Å². The Morgan fingerprint density at radius 2 is 1.35 bits per heavy atom. The maximum absolute atomic E-state index is 11.3. The van der Waals surface area contributed by atoms with Crippen LogP contribution in [-0.2, 0) is 9.59 Å². The van der Waals surface area contributed by atoms with Crippen molar-refractivity contribution < 1.29 is 14.7 Å². The number of hydrogen-bond acceptors (Lipinski definition) is 3. The number of nitrogens with zero attached hydrogens (tertiary/aromatic N) is 1. The molecule has 0 aromatic carbocycles. The first-order valence-corrected chi connectivity index (χ1v) is 7.90.